The van der Waals surface area contributed by atoms with E-state index in [1.807, 2.05) is 12.1 Å². The molecule has 0 atom stereocenters. The lowest BCUT2D eigenvalue weighted by molar-refractivity contribution is -0.122. The third-order valence-corrected chi connectivity index (χ3v) is 5.56. The zero-order chi connectivity index (χ0) is 20.3. The van der Waals surface area contributed by atoms with E-state index < -0.39 is 0 Å². The summed E-state index contributed by atoms with van der Waals surface area (Å²) >= 11 is 0. The Kier molecular flexibility index (Phi) is 11.5. The second-order valence-corrected chi connectivity index (χ2v) is 7.77. The number of amides is 1. The number of methoxy groups -OCH3 is 1. The summed E-state index contributed by atoms with van der Waals surface area (Å²) in [7, 11) is 1.64. The zero-order valence-corrected chi connectivity index (χ0v) is 20.3. The van der Waals surface area contributed by atoms with Crippen molar-refractivity contribution in [2.75, 3.05) is 59.5 Å². The summed E-state index contributed by atoms with van der Waals surface area (Å²) in [5.41, 5.74) is 0. The molecule has 2 N–H and O–H groups in total. The lowest BCUT2D eigenvalue weighted by Crippen LogP contribution is -2.55. The molecule has 1 saturated heterocycles. The van der Waals surface area contributed by atoms with E-state index >= 15 is 0 Å². The molecule has 1 saturated carbocycles. The Balaban J connectivity index is 0.00000320. The predicted molar refractivity (Wildman–Crippen MR) is 128 cm³/mol. The van der Waals surface area contributed by atoms with Crippen molar-refractivity contribution in [1.82, 2.24) is 20.4 Å². The number of hydrogen-bond acceptors (Lipinski definition) is 5. The molecule has 1 aliphatic heterocycles. The molecule has 0 aromatic carbocycles. The molecule has 2 aliphatic rings. The number of furan rings is 1. The lowest BCUT2D eigenvalue weighted by atomic mass is 10.2. The normalized spacial score (nSPS) is 18.3. The van der Waals surface area contributed by atoms with E-state index in [9.17, 15) is 4.79 Å². The minimum atomic E-state index is 0. The Bertz CT molecular complexity index is 627. The number of guanidine groups is 1. The molecule has 1 aliphatic carbocycles. The number of ether oxygens (including phenoxy) is 1. The molecule has 8 nitrogen and oxygen atoms in total. The highest BCUT2D eigenvalue weighted by Gasteiger charge is 2.24. The number of nitrogens with one attached hydrogen (secondary N) is 2. The van der Waals surface area contributed by atoms with Crippen LogP contribution in [-0.2, 0) is 16.0 Å². The molecule has 0 bridgehead atoms. The molecule has 0 spiro atoms. The average molecular weight is 533 g/mol. The van der Waals surface area contributed by atoms with Crippen LogP contribution < -0.4 is 10.6 Å². The maximum absolute atomic E-state index is 12.0. The predicted octanol–water partition coefficient (Wildman–Crippen LogP) is 1.71. The van der Waals surface area contributed by atoms with Gasteiger partial charge in [0.05, 0.1) is 19.4 Å². The Morgan fingerprint density at radius 2 is 2.03 bits per heavy atom. The first-order chi connectivity index (χ1) is 14.2. The molecule has 2 heterocycles. The van der Waals surface area contributed by atoms with Gasteiger partial charge >= 0.3 is 0 Å². The Hall–Kier alpha value is -1.33. The summed E-state index contributed by atoms with van der Waals surface area (Å²) in [4.78, 5) is 21.4. The van der Waals surface area contributed by atoms with Crippen LogP contribution in [-0.4, -0.2) is 87.2 Å². The van der Waals surface area contributed by atoms with Gasteiger partial charge in [0.1, 0.15) is 5.76 Å². The first-order valence-electron chi connectivity index (χ1n) is 10.8. The molecular formula is C21H36IN5O3. The summed E-state index contributed by atoms with van der Waals surface area (Å²) in [6.07, 6.45) is 7.55. The summed E-state index contributed by atoms with van der Waals surface area (Å²) in [5, 5.41) is 6.58. The van der Waals surface area contributed by atoms with Crippen LogP contribution >= 0.6 is 24.0 Å². The van der Waals surface area contributed by atoms with Crippen LogP contribution in [0.3, 0.4) is 0 Å². The van der Waals surface area contributed by atoms with Gasteiger partial charge in [-0.05, 0) is 25.0 Å². The Morgan fingerprint density at radius 3 is 2.70 bits per heavy atom. The van der Waals surface area contributed by atoms with Crippen molar-refractivity contribution in [3.63, 3.8) is 0 Å². The van der Waals surface area contributed by atoms with Crippen molar-refractivity contribution in [2.24, 2.45) is 4.99 Å². The number of piperazine rings is 1. The van der Waals surface area contributed by atoms with Crippen molar-refractivity contribution >= 4 is 35.8 Å². The van der Waals surface area contributed by atoms with Crippen molar-refractivity contribution in [2.45, 2.75) is 38.1 Å². The molecule has 170 valence electrons. The molecule has 0 radical (unpaired) electrons. The quantitative estimate of drug-likeness (QED) is 0.218. The number of nitrogens with zero attached hydrogens (tertiary/aromatic N) is 3. The molecule has 3 rings (SSSR count). The fraction of sp³-hybridized carbons (Fsp3) is 0.714. The first kappa shape index (κ1) is 24.9. The summed E-state index contributed by atoms with van der Waals surface area (Å²) in [5.74, 6) is 2.04. The van der Waals surface area contributed by atoms with Crippen LogP contribution in [0.5, 0.6) is 0 Å². The van der Waals surface area contributed by atoms with Gasteiger partial charge in [-0.25, -0.2) is 0 Å². The second-order valence-electron chi connectivity index (χ2n) is 7.77. The summed E-state index contributed by atoms with van der Waals surface area (Å²) < 4.78 is 10.4. The standard InChI is InChI=1S/C21H35N5O3.HI/c1-28-16-10-22-20(27)17-25-11-13-26(14-12-25)21(24-18-5-2-3-6-18)23-9-8-19-7-4-15-29-19;/h4,7,15,18H,2-3,5-6,8-14,16-17H2,1H3,(H,22,27)(H,23,24);1H. The molecule has 2 fully saturated rings. The largest absolute Gasteiger partial charge is 0.469 e. The van der Waals surface area contributed by atoms with Crippen molar-refractivity contribution in [1.29, 1.82) is 0 Å². The van der Waals surface area contributed by atoms with Gasteiger partial charge in [0.15, 0.2) is 5.96 Å². The molecule has 1 amide bonds. The van der Waals surface area contributed by atoms with Crippen molar-refractivity contribution in [3.8, 4) is 0 Å². The Morgan fingerprint density at radius 1 is 1.27 bits per heavy atom. The molecule has 0 unspecified atom stereocenters. The van der Waals surface area contributed by atoms with Gasteiger partial charge < -0.3 is 24.7 Å². The van der Waals surface area contributed by atoms with E-state index in [1.54, 1.807) is 13.4 Å². The number of aliphatic imine (C=N–C) groups is 1. The van der Waals surface area contributed by atoms with Crippen LogP contribution in [0.4, 0.5) is 0 Å². The third kappa shape index (κ3) is 8.43. The van der Waals surface area contributed by atoms with E-state index in [0.717, 1.165) is 44.3 Å². The van der Waals surface area contributed by atoms with E-state index in [2.05, 4.69) is 20.4 Å². The number of rotatable bonds is 9. The van der Waals surface area contributed by atoms with Gasteiger partial charge in [-0.15, -0.1) is 24.0 Å². The smallest absolute Gasteiger partial charge is 0.234 e. The molecular weight excluding hydrogens is 497 g/mol. The van der Waals surface area contributed by atoms with Gasteiger partial charge in [-0.3, -0.25) is 14.7 Å². The van der Waals surface area contributed by atoms with E-state index in [-0.39, 0.29) is 29.9 Å². The summed E-state index contributed by atoms with van der Waals surface area (Å²) in [6.45, 7) is 5.75. The zero-order valence-electron chi connectivity index (χ0n) is 18.0. The summed E-state index contributed by atoms with van der Waals surface area (Å²) in [6, 6.07) is 4.44. The fourth-order valence-corrected chi connectivity index (χ4v) is 3.89. The third-order valence-electron chi connectivity index (χ3n) is 5.56. The molecule has 30 heavy (non-hydrogen) atoms. The van der Waals surface area contributed by atoms with Crippen LogP contribution in [0.25, 0.3) is 0 Å². The average Bonchev–Trinajstić information content (AvgIpc) is 3.42. The monoisotopic (exact) mass is 533 g/mol. The molecule has 9 heteroatoms. The van der Waals surface area contributed by atoms with Crippen molar-refractivity contribution < 1.29 is 13.9 Å². The SMILES string of the molecule is COCCNC(=O)CN1CCN(C(=NCCc2ccco2)NC2CCCC2)CC1.I. The fourth-order valence-electron chi connectivity index (χ4n) is 3.89. The Labute approximate surface area is 196 Å². The number of carbonyl (C=O) groups excluding carboxylic acids is 1. The van der Waals surface area contributed by atoms with E-state index in [4.69, 9.17) is 14.1 Å². The molecule has 1 aromatic rings. The van der Waals surface area contributed by atoms with Gasteiger partial charge in [0.25, 0.3) is 0 Å². The van der Waals surface area contributed by atoms with Gasteiger partial charge in [0, 0.05) is 58.8 Å². The minimum Gasteiger partial charge on any atom is -0.469 e. The number of halogens is 1. The van der Waals surface area contributed by atoms with Crippen molar-refractivity contribution in [3.05, 3.63) is 24.2 Å². The van der Waals surface area contributed by atoms with Crippen LogP contribution in [0.2, 0.25) is 0 Å². The maximum Gasteiger partial charge on any atom is 0.234 e. The number of hydrogen-bond donors (Lipinski definition) is 2. The highest BCUT2D eigenvalue weighted by atomic mass is 127. The van der Waals surface area contributed by atoms with E-state index in [1.165, 1.54) is 25.7 Å². The van der Waals surface area contributed by atoms with Gasteiger partial charge in [-0.1, -0.05) is 12.8 Å². The highest BCUT2D eigenvalue weighted by Crippen LogP contribution is 2.18. The van der Waals surface area contributed by atoms with Crippen LogP contribution in [0, 0.1) is 0 Å². The van der Waals surface area contributed by atoms with Gasteiger partial charge in [0.2, 0.25) is 5.91 Å². The van der Waals surface area contributed by atoms with Crippen LogP contribution in [0.1, 0.15) is 31.4 Å². The lowest BCUT2D eigenvalue weighted by Gasteiger charge is -2.37. The second kappa shape index (κ2) is 13.9. The van der Waals surface area contributed by atoms with Gasteiger partial charge in [-0.2, -0.15) is 0 Å². The maximum atomic E-state index is 12.0. The highest BCUT2D eigenvalue weighted by molar-refractivity contribution is 14.0. The first-order valence-corrected chi connectivity index (χ1v) is 10.8. The minimum absolute atomic E-state index is 0. The van der Waals surface area contributed by atoms with E-state index in [0.29, 0.717) is 32.3 Å². The van der Waals surface area contributed by atoms with Crippen LogP contribution in [0.15, 0.2) is 27.8 Å². The topological polar surface area (TPSA) is 82.3 Å². The molecule has 1 aromatic heterocycles. The number of carbonyl (C=O) groups is 1.